The Hall–Kier alpha value is -2.37. The molecule has 18 heavy (non-hydrogen) atoms. The van der Waals surface area contributed by atoms with Crippen molar-refractivity contribution in [2.45, 2.75) is 13.8 Å². The molecule has 0 saturated carbocycles. The number of pyridine rings is 1. The monoisotopic (exact) mass is 247 g/mol. The summed E-state index contributed by atoms with van der Waals surface area (Å²) in [5.41, 5.74) is 1.06. The number of carbonyl (C=O) groups excluding carboxylic acids is 1. The molecule has 2 rings (SSSR count). The van der Waals surface area contributed by atoms with Crippen molar-refractivity contribution in [2.24, 2.45) is 0 Å². The Morgan fingerprint density at radius 3 is 3.06 bits per heavy atom. The quantitative estimate of drug-likeness (QED) is 0.835. The van der Waals surface area contributed by atoms with Crippen LogP contribution in [0.15, 0.2) is 28.9 Å². The summed E-state index contributed by atoms with van der Waals surface area (Å²) in [7, 11) is 0. The van der Waals surface area contributed by atoms with Crippen LogP contribution >= 0.6 is 0 Å². The Labute approximate surface area is 104 Å². The van der Waals surface area contributed by atoms with Crippen molar-refractivity contribution < 1.29 is 13.9 Å². The maximum atomic E-state index is 11.4. The highest BCUT2D eigenvalue weighted by molar-refractivity contribution is 5.86. The Bertz CT molecular complexity index is 551. The van der Waals surface area contributed by atoms with Gasteiger partial charge in [-0.25, -0.2) is 14.8 Å². The van der Waals surface area contributed by atoms with Gasteiger partial charge < -0.3 is 9.15 Å². The van der Waals surface area contributed by atoms with Gasteiger partial charge in [0, 0.05) is 6.20 Å². The van der Waals surface area contributed by atoms with Crippen molar-refractivity contribution in [3.63, 3.8) is 0 Å². The number of nitrogens with one attached hydrogen (secondary N) is 1. The zero-order valence-electron chi connectivity index (χ0n) is 10.1. The van der Waals surface area contributed by atoms with Crippen LogP contribution in [-0.4, -0.2) is 22.5 Å². The lowest BCUT2D eigenvalue weighted by atomic mass is 10.3. The normalized spacial score (nSPS) is 10.1. The molecule has 2 aromatic heterocycles. The zero-order valence-corrected chi connectivity index (χ0v) is 10.1. The van der Waals surface area contributed by atoms with Crippen LogP contribution in [-0.2, 0) is 4.74 Å². The topological polar surface area (TPSA) is 77.2 Å². The van der Waals surface area contributed by atoms with Gasteiger partial charge in [-0.05, 0) is 31.5 Å². The molecule has 2 aromatic rings. The third kappa shape index (κ3) is 2.85. The number of aromatic nitrogens is 2. The van der Waals surface area contributed by atoms with Crippen LogP contribution in [0.1, 0.15) is 23.0 Å². The molecule has 0 aliphatic rings. The van der Waals surface area contributed by atoms with Crippen LogP contribution in [0.4, 0.5) is 11.8 Å². The number of esters is 1. The molecule has 6 nitrogen and oxygen atoms in total. The zero-order chi connectivity index (χ0) is 13.0. The molecule has 0 bridgehead atoms. The summed E-state index contributed by atoms with van der Waals surface area (Å²) in [6, 6.07) is 3.93. The summed E-state index contributed by atoms with van der Waals surface area (Å²) >= 11 is 0. The van der Waals surface area contributed by atoms with E-state index < -0.39 is 5.97 Å². The first kappa shape index (κ1) is 12.1. The van der Waals surface area contributed by atoms with Crippen LogP contribution in [0.3, 0.4) is 0 Å². The Balaban J connectivity index is 2.09. The molecule has 0 radical (unpaired) electrons. The standard InChI is InChI=1S/C12H13N3O3/c1-3-17-11(16)9-7-14-12(18-9)15-10-6-8(2)4-5-13-10/h4-7H,3H2,1-2H3,(H,13,14,15). The number of hydrogen-bond acceptors (Lipinski definition) is 6. The molecule has 0 fully saturated rings. The van der Waals surface area contributed by atoms with Crippen molar-refractivity contribution in [1.29, 1.82) is 0 Å². The molecule has 0 spiro atoms. The summed E-state index contributed by atoms with van der Waals surface area (Å²) in [5, 5.41) is 2.87. The molecule has 2 heterocycles. The lowest BCUT2D eigenvalue weighted by Crippen LogP contribution is -2.02. The summed E-state index contributed by atoms with van der Waals surface area (Å²) in [4.78, 5) is 19.4. The number of oxazole rings is 1. The van der Waals surface area contributed by atoms with E-state index in [0.29, 0.717) is 12.4 Å². The molecule has 0 unspecified atom stereocenters. The second kappa shape index (κ2) is 5.31. The van der Waals surface area contributed by atoms with Gasteiger partial charge in [-0.3, -0.25) is 5.32 Å². The average molecular weight is 247 g/mol. The Morgan fingerprint density at radius 1 is 1.50 bits per heavy atom. The summed E-state index contributed by atoms with van der Waals surface area (Å²) in [5.74, 6) is 0.134. The molecule has 1 N–H and O–H groups in total. The highest BCUT2D eigenvalue weighted by Crippen LogP contribution is 2.15. The van der Waals surface area contributed by atoms with Gasteiger partial charge in [0.25, 0.3) is 0 Å². The fourth-order valence-corrected chi connectivity index (χ4v) is 1.34. The Morgan fingerprint density at radius 2 is 2.33 bits per heavy atom. The van der Waals surface area contributed by atoms with E-state index in [1.54, 1.807) is 13.1 Å². The smallest absolute Gasteiger partial charge is 0.376 e. The maximum Gasteiger partial charge on any atom is 0.376 e. The molecule has 94 valence electrons. The van der Waals surface area contributed by atoms with E-state index >= 15 is 0 Å². The third-order valence-corrected chi connectivity index (χ3v) is 2.13. The average Bonchev–Trinajstić information content (AvgIpc) is 2.78. The van der Waals surface area contributed by atoms with Gasteiger partial charge in [0.05, 0.1) is 12.8 Å². The lowest BCUT2D eigenvalue weighted by molar-refractivity contribution is 0.0491. The molecule has 0 aliphatic heterocycles. The highest BCUT2D eigenvalue weighted by Gasteiger charge is 2.13. The van der Waals surface area contributed by atoms with Gasteiger partial charge in [-0.1, -0.05) is 0 Å². The molecular weight excluding hydrogens is 234 g/mol. The second-order valence-corrected chi connectivity index (χ2v) is 3.59. The first-order valence-electron chi connectivity index (χ1n) is 5.51. The minimum atomic E-state index is -0.532. The summed E-state index contributed by atoms with van der Waals surface area (Å²) in [6.07, 6.45) is 2.99. The number of hydrogen-bond donors (Lipinski definition) is 1. The predicted molar refractivity (Wildman–Crippen MR) is 64.7 cm³/mol. The summed E-state index contributed by atoms with van der Waals surface area (Å²) in [6.45, 7) is 3.97. The molecule has 6 heteroatoms. The van der Waals surface area contributed by atoms with Crippen molar-refractivity contribution in [1.82, 2.24) is 9.97 Å². The van der Waals surface area contributed by atoms with E-state index in [-0.39, 0.29) is 11.8 Å². The van der Waals surface area contributed by atoms with E-state index in [1.807, 2.05) is 19.1 Å². The molecule has 0 aliphatic carbocycles. The molecule has 0 saturated heterocycles. The fraction of sp³-hybridized carbons (Fsp3) is 0.250. The highest BCUT2D eigenvalue weighted by atomic mass is 16.5. The third-order valence-electron chi connectivity index (χ3n) is 2.13. The largest absolute Gasteiger partial charge is 0.460 e. The van der Waals surface area contributed by atoms with Gasteiger partial charge in [0.1, 0.15) is 5.82 Å². The van der Waals surface area contributed by atoms with Crippen molar-refractivity contribution in [2.75, 3.05) is 11.9 Å². The van der Waals surface area contributed by atoms with Crippen LogP contribution in [0.25, 0.3) is 0 Å². The van der Waals surface area contributed by atoms with Gasteiger partial charge >= 0.3 is 12.0 Å². The van der Waals surface area contributed by atoms with Crippen LogP contribution in [0, 0.1) is 6.92 Å². The second-order valence-electron chi connectivity index (χ2n) is 3.59. The van der Waals surface area contributed by atoms with E-state index in [1.165, 1.54) is 6.20 Å². The number of carbonyl (C=O) groups is 1. The molecule has 0 aromatic carbocycles. The van der Waals surface area contributed by atoms with E-state index in [4.69, 9.17) is 9.15 Å². The van der Waals surface area contributed by atoms with E-state index in [9.17, 15) is 4.79 Å². The van der Waals surface area contributed by atoms with Crippen LogP contribution in [0.5, 0.6) is 0 Å². The fourth-order valence-electron chi connectivity index (χ4n) is 1.34. The van der Waals surface area contributed by atoms with Gasteiger partial charge in [0.2, 0.25) is 5.76 Å². The van der Waals surface area contributed by atoms with Crippen LogP contribution < -0.4 is 5.32 Å². The SMILES string of the molecule is CCOC(=O)c1cnc(Nc2cc(C)ccn2)o1. The van der Waals surface area contributed by atoms with Crippen molar-refractivity contribution >= 4 is 17.8 Å². The number of aryl methyl sites for hydroxylation is 1. The summed E-state index contributed by atoms with van der Waals surface area (Å²) < 4.78 is 10.00. The Kier molecular flexibility index (Phi) is 3.57. The van der Waals surface area contributed by atoms with Crippen LogP contribution in [0.2, 0.25) is 0 Å². The molecular formula is C12H13N3O3. The predicted octanol–water partition coefficient (Wildman–Crippen LogP) is 2.30. The number of anilines is 2. The minimum absolute atomic E-state index is 0.0620. The molecule has 0 atom stereocenters. The van der Waals surface area contributed by atoms with Gasteiger partial charge in [-0.2, -0.15) is 0 Å². The lowest BCUT2D eigenvalue weighted by Gasteiger charge is -2.01. The van der Waals surface area contributed by atoms with E-state index in [0.717, 1.165) is 5.56 Å². The first-order chi connectivity index (χ1) is 8.69. The number of rotatable bonds is 4. The minimum Gasteiger partial charge on any atom is -0.460 e. The van der Waals surface area contributed by atoms with E-state index in [2.05, 4.69) is 15.3 Å². The first-order valence-corrected chi connectivity index (χ1v) is 5.51. The van der Waals surface area contributed by atoms with Gasteiger partial charge in [0.15, 0.2) is 0 Å². The number of nitrogens with zero attached hydrogens (tertiary/aromatic N) is 2. The van der Waals surface area contributed by atoms with Gasteiger partial charge in [-0.15, -0.1) is 0 Å². The maximum absolute atomic E-state index is 11.4. The molecule has 0 amide bonds. The number of ether oxygens (including phenoxy) is 1. The van der Waals surface area contributed by atoms with Crippen molar-refractivity contribution in [3.05, 3.63) is 35.9 Å². The van der Waals surface area contributed by atoms with Crippen molar-refractivity contribution in [3.8, 4) is 0 Å².